The first-order chi connectivity index (χ1) is 7.56. The van der Waals surface area contributed by atoms with Crippen LogP contribution in [0.15, 0.2) is 12.2 Å². The van der Waals surface area contributed by atoms with Crippen molar-refractivity contribution in [2.45, 2.75) is 6.04 Å². The van der Waals surface area contributed by atoms with Crippen molar-refractivity contribution in [1.82, 2.24) is 10.2 Å². The molecule has 1 atom stereocenters. The predicted molar refractivity (Wildman–Crippen MR) is 51.4 cm³/mol. The molecular formula is C9H10N2O5. The Bertz CT molecular complexity index is 345. The molecule has 0 aromatic carbocycles. The lowest BCUT2D eigenvalue weighted by Gasteiger charge is -2.20. The molecule has 1 heterocycles. The molecule has 0 spiro atoms. The summed E-state index contributed by atoms with van der Waals surface area (Å²) in [6, 6.07) is -0.977. The Morgan fingerprint density at radius 3 is 2.44 bits per heavy atom. The lowest BCUT2D eigenvalue weighted by Crippen LogP contribution is -2.47. The molecule has 1 aliphatic heterocycles. The average molecular weight is 226 g/mol. The quantitative estimate of drug-likeness (QED) is 0.407. The van der Waals surface area contributed by atoms with E-state index in [-0.39, 0.29) is 13.1 Å². The van der Waals surface area contributed by atoms with Gasteiger partial charge in [-0.1, -0.05) is 0 Å². The number of carboxylic acids is 1. The summed E-state index contributed by atoms with van der Waals surface area (Å²) in [5, 5.41) is 10.8. The number of hydrogen-bond acceptors (Lipinski definition) is 5. The minimum absolute atomic E-state index is 0.0744. The van der Waals surface area contributed by atoms with E-state index in [1.165, 1.54) is 0 Å². The Morgan fingerprint density at radius 1 is 1.44 bits per heavy atom. The number of carbonyl (C=O) groups excluding carboxylic acids is 3. The van der Waals surface area contributed by atoms with Gasteiger partial charge in [0.1, 0.15) is 12.3 Å². The number of hydrogen-bond donors (Lipinski definition) is 2. The first-order valence-electron chi connectivity index (χ1n) is 4.49. The number of carboxylic acid groups (broad SMARTS) is 1. The first kappa shape index (κ1) is 12.1. The van der Waals surface area contributed by atoms with E-state index in [0.29, 0.717) is 6.29 Å². The fourth-order valence-electron chi connectivity index (χ4n) is 1.27. The molecule has 0 aliphatic carbocycles. The first-order valence-corrected chi connectivity index (χ1v) is 4.49. The summed E-state index contributed by atoms with van der Waals surface area (Å²) in [5.74, 6) is -2.22. The molecule has 7 nitrogen and oxygen atoms in total. The van der Waals surface area contributed by atoms with Crippen LogP contribution in [-0.4, -0.2) is 53.2 Å². The molecular weight excluding hydrogens is 216 g/mol. The summed E-state index contributed by atoms with van der Waals surface area (Å²) in [6.07, 6.45) is 2.56. The summed E-state index contributed by atoms with van der Waals surface area (Å²) in [6.45, 7) is -0.414. The number of carbonyl (C=O) groups is 4. The maximum atomic E-state index is 11.2. The number of nitrogens with zero attached hydrogens (tertiary/aromatic N) is 1. The van der Waals surface area contributed by atoms with E-state index >= 15 is 0 Å². The second-order valence-corrected chi connectivity index (χ2v) is 3.11. The third-order valence-corrected chi connectivity index (χ3v) is 1.96. The number of aldehydes is 1. The second kappa shape index (κ2) is 5.17. The van der Waals surface area contributed by atoms with E-state index in [1.54, 1.807) is 0 Å². The Kier molecular flexibility index (Phi) is 3.90. The zero-order valence-corrected chi connectivity index (χ0v) is 8.25. The summed E-state index contributed by atoms with van der Waals surface area (Å²) >= 11 is 0. The van der Waals surface area contributed by atoms with Gasteiger partial charge in [-0.2, -0.15) is 0 Å². The molecule has 2 amide bonds. The maximum Gasteiger partial charge on any atom is 0.317 e. The van der Waals surface area contributed by atoms with Crippen molar-refractivity contribution in [3.8, 4) is 0 Å². The van der Waals surface area contributed by atoms with Gasteiger partial charge in [0, 0.05) is 18.7 Å². The summed E-state index contributed by atoms with van der Waals surface area (Å²) in [4.78, 5) is 44.1. The van der Waals surface area contributed by atoms with Gasteiger partial charge in [-0.15, -0.1) is 0 Å². The van der Waals surface area contributed by atoms with Gasteiger partial charge in [0.15, 0.2) is 0 Å². The van der Waals surface area contributed by atoms with Crippen LogP contribution in [0.2, 0.25) is 0 Å². The van der Waals surface area contributed by atoms with Gasteiger partial charge < -0.3 is 15.2 Å². The Labute approximate surface area is 90.7 Å². The highest BCUT2D eigenvalue weighted by Crippen LogP contribution is 2.07. The van der Waals surface area contributed by atoms with Crippen molar-refractivity contribution >= 4 is 24.1 Å². The Balaban J connectivity index is 2.54. The van der Waals surface area contributed by atoms with E-state index in [2.05, 4.69) is 5.32 Å². The van der Waals surface area contributed by atoms with Crippen LogP contribution in [0.1, 0.15) is 0 Å². The topological polar surface area (TPSA) is 104 Å². The minimum atomic E-state index is -1.08. The molecule has 0 saturated carbocycles. The fourth-order valence-corrected chi connectivity index (χ4v) is 1.27. The van der Waals surface area contributed by atoms with Crippen LogP contribution in [0.25, 0.3) is 0 Å². The average Bonchev–Trinajstić information content (AvgIpc) is 2.54. The molecule has 86 valence electrons. The molecule has 0 radical (unpaired) electrons. The molecule has 0 bridgehead atoms. The van der Waals surface area contributed by atoms with Crippen molar-refractivity contribution in [1.29, 1.82) is 0 Å². The van der Waals surface area contributed by atoms with Gasteiger partial charge in [0.05, 0.1) is 6.54 Å². The smallest absolute Gasteiger partial charge is 0.317 e. The molecule has 7 heteroatoms. The van der Waals surface area contributed by atoms with Crippen LogP contribution in [0.3, 0.4) is 0 Å². The Hall–Kier alpha value is -2.02. The summed E-state index contributed by atoms with van der Waals surface area (Å²) in [5.41, 5.74) is 0. The largest absolute Gasteiger partial charge is 0.480 e. The van der Waals surface area contributed by atoms with E-state index in [1.807, 2.05) is 0 Å². The SMILES string of the molecule is O=CC(CNCC(=O)O)N1C(=O)C=CC1=O. The number of amides is 2. The van der Waals surface area contributed by atoms with E-state index in [0.717, 1.165) is 17.1 Å². The van der Waals surface area contributed by atoms with Gasteiger partial charge in [0.2, 0.25) is 0 Å². The van der Waals surface area contributed by atoms with E-state index in [9.17, 15) is 19.2 Å². The van der Waals surface area contributed by atoms with Crippen LogP contribution < -0.4 is 5.32 Å². The van der Waals surface area contributed by atoms with Crippen molar-refractivity contribution in [2.24, 2.45) is 0 Å². The minimum Gasteiger partial charge on any atom is -0.480 e. The highest BCUT2D eigenvalue weighted by Gasteiger charge is 2.30. The molecule has 1 rings (SSSR count). The van der Waals surface area contributed by atoms with Crippen LogP contribution in [0, 0.1) is 0 Å². The van der Waals surface area contributed by atoms with E-state index < -0.39 is 23.8 Å². The number of nitrogens with one attached hydrogen (secondary N) is 1. The van der Waals surface area contributed by atoms with Gasteiger partial charge in [-0.3, -0.25) is 19.3 Å². The van der Waals surface area contributed by atoms with Crippen molar-refractivity contribution in [3.05, 3.63) is 12.2 Å². The molecule has 1 aliphatic rings. The van der Waals surface area contributed by atoms with Crippen LogP contribution in [-0.2, 0) is 19.2 Å². The fraction of sp³-hybridized carbons (Fsp3) is 0.333. The zero-order chi connectivity index (χ0) is 12.1. The lowest BCUT2D eigenvalue weighted by atomic mass is 10.2. The number of rotatable bonds is 6. The molecule has 0 aromatic heterocycles. The van der Waals surface area contributed by atoms with Crippen molar-refractivity contribution in [3.63, 3.8) is 0 Å². The molecule has 2 N–H and O–H groups in total. The van der Waals surface area contributed by atoms with Crippen LogP contribution in [0.5, 0.6) is 0 Å². The normalized spacial score (nSPS) is 16.6. The van der Waals surface area contributed by atoms with Crippen molar-refractivity contribution in [2.75, 3.05) is 13.1 Å². The van der Waals surface area contributed by atoms with Gasteiger partial charge >= 0.3 is 5.97 Å². The lowest BCUT2D eigenvalue weighted by molar-refractivity contribution is -0.141. The molecule has 1 unspecified atom stereocenters. The standard InChI is InChI=1S/C9H10N2O5/c12-5-6(3-10-4-9(15)16)11-7(13)1-2-8(11)14/h1-2,5-6,10H,3-4H2,(H,15,16). The summed E-state index contributed by atoms with van der Waals surface area (Å²) < 4.78 is 0. The maximum absolute atomic E-state index is 11.2. The van der Waals surface area contributed by atoms with Crippen molar-refractivity contribution < 1.29 is 24.3 Å². The zero-order valence-electron chi connectivity index (χ0n) is 8.25. The highest BCUT2D eigenvalue weighted by molar-refractivity contribution is 6.14. The monoisotopic (exact) mass is 226 g/mol. The third-order valence-electron chi connectivity index (χ3n) is 1.96. The Morgan fingerprint density at radius 2 is 2.00 bits per heavy atom. The molecule has 0 saturated heterocycles. The third kappa shape index (κ3) is 2.74. The van der Waals surface area contributed by atoms with Crippen LogP contribution >= 0.6 is 0 Å². The van der Waals surface area contributed by atoms with Gasteiger partial charge in [0.25, 0.3) is 11.8 Å². The molecule has 16 heavy (non-hydrogen) atoms. The highest BCUT2D eigenvalue weighted by atomic mass is 16.4. The molecule has 0 aromatic rings. The molecule has 0 fully saturated rings. The van der Waals surface area contributed by atoms with Gasteiger partial charge in [-0.05, 0) is 0 Å². The second-order valence-electron chi connectivity index (χ2n) is 3.11. The van der Waals surface area contributed by atoms with Gasteiger partial charge in [-0.25, -0.2) is 0 Å². The van der Waals surface area contributed by atoms with Crippen LogP contribution in [0.4, 0.5) is 0 Å². The van der Waals surface area contributed by atoms with E-state index in [4.69, 9.17) is 5.11 Å². The predicted octanol–water partition coefficient (Wildman–Crippen LogP) is -1.85. The summed E-state index contributed by atoms with van der Waals surface area (Å²) in [7, 11) is 0. The number of imide groups is 1. The number of aliphatic carboxylic acids is 1.